The molecule has 2 rings (SSSR count). The molecule has 1 amide bonds. The van der Waals surface area contributed by atoms with Gasteiger partial charge in [-0.05, 0) is 43.4 Å². The van der Waals surface area contributed by atoms with Crippen LogP contribution >= 0.6 is 0 Å². The second kappa shape index (κ2) is 7.28. The molecule has 0 radical (unpaired) electrons. The molecular formula is C16H30N2O. The van der Waals surface area contributed by atoms with E-state index in [0.717, 1.165) is 25.3 Å². The summed E-state index contributed by atoms with van der Waals surface area (Å²) in [5.41, 5.74) is 5.99. The van der Waals surface area contributed by atoms with E-state index in [1.165, 1.54) is 38.5 Å². The van der Waals surface area contributed by atoms with Crippen molar-refractivity contribution >= 4 is 5.91 Å². The zero-order valence-electron chi connectivity index (χ0n) is 12.4. The van der Waals surface area contributed by atoms with Gasteiger partial charge in [0.05, 0.1) is 0 Å². The third-order valence-corrected chi connectivity index (χ3v) is 5.20. The lowest BCUT2D eigenvalue weighted by molar-refractivity contribution is -0.121. The van der Waals surface area contributed by atoms with Crippen LogP contribution in [-0.2, 0) is 4.79 Å². The van der Waals surface area contributed by atoms with Gasteiger partial charge >= 0.3 is 0 Å². The van der Waals surface area contributed by atoms with Crippen LogP contribution in [0.15, 0.2) is 0 Å². The summed E-state index contributed by atoms with van der Waals surface area (Å²) >= 11 is 0. The van der Waals surface area contributed by atoms with E-state index in [-0.39, 0.29) is 5.91 Å². The van der Waals surface area contributed by atoms with Crippen molar-refractivity contribution in [3.8, 4) is 0 Å². The summed E-state index contributed by atoms with van der Waals surface area (Å²) < 4.78 is 0. The molecule has 2 aliphatic carbocycles. The van der Waals surface area contributed by atoms with Crippen LogP contribution in [0.1, 0.15) is 64.7 Å². The predicted molar refractivity (Wildman–Crippen MR) is 78.7 cm³/mol. The lowest BCUT2D eigenvalue weighted by atomic mass is 9.83. The molecule has 0 heterocycles. The van der Waals surface area contributed by atoms with Gasteiger partial charge in [-0.3, -0.25) is 4.79 Å². The molecule has 0 aliphatic heterocycles. The summed E-state index contributed by atoms with van der Waals surface area (Å²) in [6.07, 6.45) is 10.5. The van der Waals surface area contributed by atoms with Crippen molar-refractivity contribution < 1.29 is 4.79 Å². The minimum absolute atomic E-state index is 0.248. The number of nitrogens with two attached hydrogens (primary N) is 1. The summed E-state index contributed by atoms with van der Waals surface area (Å²) in [4.78, 5) is 11.9. The molecule has 0 aromatic carbocycles. The lowest BCUT2D eigenvalue weighted by Crippen LogP contribution is -2.31. The zero-order valence-corrected chi connectivity index (χ0v) is 12.4. The van der Waals surface area contributed by atoms with Gasteiger partial charge < -0.3 is 11.1 Å². The molecule has 110 valence electrons. The van der Waals surface area contributed by atoms with Gasteiger partial charge in [-0.2, -0.15) is 0 Å². The maximum atomic E-state index is 11.9. The predicted octanol–water partition coefficient (Wildman–Crippen LogP) is 2.84. The molecule has 4 atom stereocenters. The maximum absolute atomic E-state index is 11.9. The summed E-state index contributed by atoms with van der Waals surface area (Å²) in [5, 5.41) is 3.14. The Balaban J connectivity index is 1.59. The van der Waals surface area contributed by atoms with E-state index in [0.29, 0.717) is 24.3 Å². The van der Waals surface area contributed by atoms with E-state index < -0.39 is 0 Å². The summed E-state index contributed by atoms with van der Waals surface area (Å²) in [5.74, 6) is 2.43. The van der Waals surface area contributed by atoms with Gasteiger partial charge in [-0.15, -0.1) is 0 Å². The second-order valence-electron chi connectivity index (χ2n) is 6.80. The standard InChI is InChI=1S/C16H30N2O/c1-12-4-2-6-14(12)11-18-16(19)9-8-13-5-3-7-15(17)10-13/h12-15H,2-11,17H2,1H3,(H,18,19). The third kappa shape index (κ3) is 4.79. The fraction of sp³-hybridized carbons (Fsp3) is 0.938. The van der Waals surface area contributed by atoms with Crippen molar-refractivity contribution in [3.05, 3.63) is 0 Å². The van der Waals surface area contributed by atoms with Crippen LogP contribution in [0.2, 0.25) is 0 Å². The van der Waals surface area contributed by atoms with Gasteiger partial charge in [-0.1, -0.05) is 32.6 Å². The molecular weight excluding hydrogens is 236 g/mol. The first-order chi connectivity index (χ1) is 9.15. The summed E-state index contributed by atoms with van der Waals surface area (Å²) in [6.45, 7) is 3.21. The Hall–Kier alpha value is -0.570. The van der Waals surface area contributed by atoms with Crippen LogP contribution in [-0.4, -0.2) is 18.5 Å². The first-order valence-corrected chi connectivity index (χ1v) is 8.17. The topological polar surface area (TPSA) is 55.1 Å². The summed E-state index contributed by atoms with van der Waals surface area (Å²) in [6, 6.07) is 0.376. The third-order valence-electron chi connectivity index (χ3n) is 5.20. The van der Waals surface area contributed by atoms with Crippen LogP contribution < -0.4 is 11.1 Å². The molecule has 3 nitrogen and oxygen atoms in total. The smallest absolute Gasteiger partial charge is 0.220 e. The average molecular weight is 266 g/mol. The number of rotatable bonds is 5. The maximum Gasteiger partial charge on any atom is 0.220 e. The van der Waals surface area contributed by atoms with Crippen LogP contribution in [0, 0.1) is 17.8 Å². The van der Waals surface area contributed by atoms with Crippen LogP contribution in [0.25, 0.3) is 0 Å². The molecule has 2 aliphatic rings. The Morgan fingerprint density at radius 3 is 2.68 bits per heavy atom. The van der Waals surface area contributed by atoms with Gasteiger partial charge in [0.2, 0.25) is 5.91 Å². The van der Waals surface area contributed by atoms with Crippen molar-refractivity contribution in [1.29, 1.82) is 0 Å². The SMILES string of the molecule is CC1CCCC1CNC(=O)CCC1CCCC(N)C1. The van der Waals surface area contributed by atoms with Gasteiger partial charge in [0.15, 0.2) is 0 Å². The molecule has 3 N–H and O–H groups in total. The highest BCUT2D eigenvalue weighted by atomic mass is 16.1. The highest BCUT2D eigenvalue weighted by molar-refractivity contribution is 5.75. The van der Waals surface area contributed by atoms with Crippen LogP contribution in [0.5, 0.6) is 0 Å². The van der Waals surface area contributed by atoms with Gasteiger partial charge in [0.25, 0.3) is 0 Å². The Kier molecular flexibility index (Phi) is 5.68. The fourth-order valence-electron chi connectivity index (χ4n) is 3.79. The van der Waals surface area contributed by atoms with E-state index in [2.05, 4.69) is 12.2 Å². The van der Waals surface area contributed by atoms with Crippen LogP contribution in [0.4, 0.5) is 0 Å². The number of nitrogens with one attached hydrogen (secondary N) is 1. The Morgan fingerprint density at radius 1 is 1.21 bits per heavy atom. The van der Waals surface area contributed by atoms with Crippen molar-refractivity contribution in [1.82, 2.24) is 5.32 Å². The van der Waals surface area contributed by atoms with E-state index in [9.17, 15) is 4.79 Å². The second-order valence-corrected chi connectivity index (χ2v) is 6.80. The number of hydrogen-bond donors (Lipinski definition) is 2. The Bertz CT molecular complexity index is 292. The van der Waals surface area contributed by atoms with E-state index in [1.807, 2.05) is 0 Å². The molecule has 2 saturated carbocycles. The minimum atomic E-state index is 0.248. The minimum Gasteiger partial charge on any atom is -0.356 e. The van der Waals surface area contributed by atoms with Crippen molar-refractivity contribution in [2.24, 2.45) is 23.5 Å². The zero-order chi connectivity index (χ0) is 13.7. The van der Waals surface area contributed by atoms with Gasteiger partial charge in [0, 0.05) is 19.0 Å². The molecule has 19 heavy (non-hydrogen) atoms. The molecule has 0 bridgehead atoms. The normalized spacial score (nSPS) is 35.3. The van der Waals surface area contributed by atoms with Gasteiger partial charge in [0.1, 0.15) is 0 Å². The first kappa shape index (κ1) is 14.8. The van der Waals surface area contributed by atoms with Gasteiger partial charge in [-0.25, -0.2) is 0 Å². The van der Waals surface area contributed by atoms with Crippen molar-refractivity contribution in [2.45, 2.75) is 70.8 Å². The molecule has 0 spiro atoms. The van der Waals surface area contributed by atoms with Crippen molar-refractivity contribution in [3.63, 3.8) is 0 Å². The lowest BCUT2D eigenvalue weighted by Gasteiger charge is -2.26. The molecule has 0 aromatic rings. The quantitative estimate of drug-likeness (QED) is 0.804. The van der Waals surface area contributed by atoms with Crippen LogP contribution in [0.3, 0.4) is 0 Å². The highest BCUT2D eigenvalue weighted by Crippen LogP contribution is 2.30. The van der Waals surface area contributed by atoms with E-state index in [1.54, 1.807) is 0 Å². The van der Waals surface area contributed by atoms with E-state index in [4.69, 9.17) is 5.73 Å². The molecule has 0 saturated heterocycles. The highest BCUT2D eigenvalue weighted by Gasteiger charge is 2.24. The number of amides is 1. The van der Waals surface area contributed by atoms with E-state index >= 15 is 0 Å². The molecule has 2 fully saturated rings. The first-order valence-electron chi connectivity index (χ1n) is 8.17. The number of hydrogen-bond acceptors (Lipinski definition) is 2. The average Bonchev–Trinajstić information content (AvgIpc) is 2.80. The number of carbonyl (C=O) groups is 1. The monoisotopic (exact) mass is 266 g/mol. The molecule has 0 aromatic heterocycles. The molecule has 3 heteroatoms. The Morgan fingerprint density at radius 2 is 2.00 bits per heavy atom. The Labute approximate surface area is 117 Å². The molecule has 4 unspecified atom stereocenters. The largest absolute Gasteiger partial charge is 0.356 e. The summed E-state index contributed by atoms with van der Waals surface area (Å²) in [7, 11) is 0. The number of carbonyl (C=O) groups excluding carboxylic acids is 1. The van der Waals surface area contributed by atoms with Crippen molar-refractivity contribution in [2.75, 3.05) is 6.54 Å². The fourth-order valence-corrected chi connectivity index (χ4v) is 3.79.